The molecule has 1 nitrogen and oxygen atoms in total. The summed E-state index contributed by atoms with van der Waals surface area (Å²) in [7, 11) is 0. The van der Waals surface area contributed by atoms with Crippen molar-refractivity contribution in [3.8, 4) is 0 Å². The summed E-state index contributed by atoms with van der Waals surface area (Å²) in [6.45, 7) is 8.75. The summed E-state index contributed by atoms with van der Waals surface area (Å²) in [4.78, 5) is 2.81. The second-order valence-electron chi connectivity index (χ2n) is 4.20. The summed E-state index contributed by atoms with van der Waals surface area (Å²) in [5.41, 5.74) is 4.02. The second-order valence-corrected chi connectivity index (χ2v) is 6.41. The van der Waals surface area contributed by atoms with Crippen molar-refractivity contribution in [3.05, 3.63) is 37.7 Å². The van der Waals surface area contributed by atoms with E-state index >= 15 is 0 Å². The van der Waals surface area contributed by atoms with E-state index in [1.807, 2.05) is 11.3 Å². The summed E-state index contributed by atoms with van der Waals surface area (Å²) in [5, 5.41) is 7.94. The lowest BCUT2D eigenvalue weighted by Crippen LogP contribution is -2.06. The van der Waals surface area contributed by atoms with Gasteiger partial charge in [-0.15, -0.1) is 22.7 Å². The molecule has 0 spiro atoms. The van der Waals surface area contributed by atoms with Crippen LogP contribution < -0.4 is 5.32 Å². The van der Waals surface area contributed by atoms with E-state index in [2.05, 4.69) is 49.8 Å². The fraction of sp³-hybridized carbons (Fsp3) is 0.385. The number of hydrogen-bond donors (Lipinski definition) is 1. The molecule has 0 saturated heterocycles. The van der Waals surface area contributed by atoms with Gasteiger partial charge in [-0.25, -0.2) is 0 Å². The third-order valence-corrected chi connectivity index (χ3v) is 4.62. The molecule has 0 bridgehead atoms. The number of nitrogens with one attached hydrogen (secondary N) is 1. The zero-order valence-electron chi connectivity index (χ0n) is 10.1. The number of thiophene rings is 2. The van der Waals surface area contributed by atoms with Gasteiger partial charge >= 0.3 is 0 Å². The van der Waals surface area contributed by atoms with Crippen LogP contribution >= 0.6 is 22.7 Å². The molecule has 0 radical (unpaired) electrons. The van der Waals surface area contributed by atoms with Gasteiger partial charge in [-0.1, -0.05) is 0 Å². The van der Waals surface area contributed by atoms with Crippen LogP contribution in [0.4, 0.5) is 5.69 Å². The van der Waals surface area contributed by atoms with Gasteiger partial charge in [0.15, 0.2) is 0 Å². The van der Waals surface area contributed by atoms with Gasteiger partial charge in [-0.3, -0.25) is 0 Å². The molecular weight excluding hydrogens is 234 g/mol. The molecule has 1 unspecified atom stereocenters. The molecule has 0 aliphatic rings. The molecule has 2 heterocycles. The Bertz CT molecular complexity index is 482. The van der Waals surface area contributed by atoms with Crippen LogP contribution in [0, 0.1) is 20.8 Å². The van der Waals surface area contributed by atoms with Crippen molar-refractivity contribution in [2.75, 3.05) is 5.32 Å². The Morgan fingerprint density at radius 1 is 1.19 bits per heavy atom. The first-order valence-electron chi connectivity index (χ1n) is 5.44. The van der Waals surface area contributed by atoms with E-state index in [4.69, 9.17) is 0 Å². The van der Waals surface area contributed by atoms with Gasteiger partial charge in [0, 0.05) is 26.9 Å². The van der Waals surface area contributed by atoms with Gasteiger partial charge in [0.1, 0.15) is 0 Å². The molecule has 0 fully saturated rings. The molecule has 0 saturated carbocycles. The predicted molar refractivity (Wildman–Crippen MR) is 74.9 cm³/mol. The summed E-state index contributed by atoms with van der Waals surface area (Å²) >= 11 is 3.63. The lowest BCUT2D eigenvalue weighted by molar-refractivity contribution is 0.881. The van der Waals surface area contributed by atoms with Crippen molar-refractivity contribution in [1.29, 1.82) is 0 Å². The lowest BCUT2D eigenvalue weighted by atomic mass is 10.1. The van der Waals surface area contributed by atoms with Crippen molar-refractivity contribution < 1.29 is 0 Å². The Morgan fingerprint density at radius 3 is 2.44 bits per heavy atom. The first kappa shape index (κ1) is 11.7. The number of anilines is 1. The molecule has 16 heavy (non-hydrogen) atoms. The molecule has 86 valence electrons. The molecule has 2 aromatic heterocycles. The maximum Gasteiger partial charge on any atom is 0.0497 e. The van der Waals surface area contributed by atoms with Gasteiger partial charge < -0.3 is 5.32 Å². The molecule has 0 aliphatic carbocycles. The summed E-state index contributed by atoms with van der Waals surface area (Å²) < 4.78 is 0. The van der Waals surface area contributed by atoms with Crippen molar-refractivity contribution in [1.82, 2.24) is 0 Å². The van der Waals surface area contributed by atoms with Gasteiger partial charge in [-0.05, 0) is 50.3 Å². The topological polar surface area (TPSA) is 12.0 Å². The average molecular weight is 251 g/mol. The summed E-state index contributed by atoms with van der Waals surface area (Å²) in [6, 6.07) is 2.68. The highest BCUT2D eigenvalue weighted by atomic mass is 32.1. The van der Waals surface area contributed by atoms with Crippen LogP contribution in [0.3, 0.4) is 0 Å². The second kappa shape index (κ2) is 4.60. The van der Waals surface area contributed by atoms with E-state index in [-0.39, 0.29) is 0 Å². The van der Waals surface area contributed by atoms with E-state index in [9.17, 15) is 0 Å². The SMILES string of the molecule is Cc1cc(C(C)Nc2cscc2C)c(C)s1. The lowest BCUT2D eigenvalue weighted by Gasteiger charge is -2.15. The molecule has 2 rings (SSSR count). The Labute approximate surface area is 105 Å². The third-order valence-electron chi connectivity index (χ3n) is 2.77. The smallest absolute Gasteiger partial charge is 0.0497 e. The molecule has 0 aromatic carbocycles. The van der Waals surface area contributed by atoms with Gasteiger partial charge in [0.25, 0.3) is 0 Å². The maximum atomic E-state index is 3.58. The highest BCUT2D eigenvalue weighted by Crippen LogP contribution is 2.30. The van der Waals surface area contributed by atoms with E-state index < -0.39 is 0 Å². The minimum absolute atomic E-state index is 0.387. The average Bonchev–Trinajstić information content (AvgIpc) is 2.74. The molecule has 1 N–H and O–H groups in total. The van der Waals surface area contributed by atoms with Crippen LogP contribution in [0.15, 0.2) is 16.8 Å². The molecule has 0 amide bonds. The van der Waals surface area contributed by atoms with Crippen LogP contribution in [-0.2, 0) is 0 Å². The first-order valence-corrected chi connectivity index (χ1v) is 7.20. The van der Waals surface area contributed by atoms with Crippen LogP contribution in [-0.4, -0.2) is 0 Å². The van der Waals surface area contributed by atoms with E-state index in [0.717, 1.165) is 0 Å². The van der Waals surface area contributed by atoms with E-state index in [1.54, 1.807) is 11.3 Å². The Morgan fingerprint density at radius 2 is 1.94 bits per heavy atom. The largest absolute Gasteiger partial charge is 0.378 e. The minimum Gasteiger partial charge on any atom is -0.378 e. The zero-order chi connectivity index (χ0) is 11.7. The number of rotatable bonds is 3. The fourth-order valence-corrected chi connectivity index (χ4v) is 3.71. The summed E-state index contributed by atoms with van der Waals surface area (Å²) in [5.74, 6) is 0. The van der Waals surface area contributed by atoms with E-state index in [0.29, 0.717) is 6.04 Å². The monoisotopic (exact) mass is 251 g/mol. The molecule has 0 aliphatic heterocycles. The standard InChI is InChI=1S/C13H17NS2/c1-8-6-15-7-13(8)14-10(3)12-5-9(2)16-11(12)4/h5-7,10,14H,1-4H3. The fourth-order valence-electron chi connectivity index (χ4n) is 1.90. The molecular formula is C13H17NS2. The van der Waals surface area contributed by atoms with Crippen molar-refractivity contribution in [2.45, 2.75) is 33.7 Å². The molecule has 2 aromatic rings. The van der Waals surface area contributed by atoms with Crippen LogP contribution in [0.2, 0.25) is 0 Å². The van der Waals surface area contributed by atoms with Crippen LogP contribution in [0.1, 0.15) is 33.8 Å². The van der Waals surface area contributed by atoms with Gasteiger partial charge in [0.05, 0.1) is 0 Å². The highest BCUT2D eigenvalue weighted by Gasteiger charge is 2.12. The molecule has 3 heteroatoms. The van der Waals surface area contributed by atoms with Crippen LogP contribution in [0.25, 0.3) is 0 Å². The molecule has 1 atom stereocenters. The number of hydrogen-bond acceptors (Lipinski definition) is 3. The van der Waals surface area contributed by atoms with Crippen molar-refractivity contribution in [2.24, 2.45) is 0 Å². The zero-order valence-corrected chi connectivity index (χ0v) is 11.8. The predicted octanol–water partition coefficient (Wildman–Crippen LogP) is 4.91. The van der Waals surface area contributed by atoms with Crippen LogP contribution in [0.5, 0.6) is 0 Å². The Hall–Kier alpha value is -0.800. The van der Waals surface area contributed by atoms with Crippen molar-refractivity contribution in [3.63, 3.8) is 0 Å². The Kier molecular flexibility index (Phi) is 3.36. The van der Waals surface area contributed by atoms with E-state index in [1.165, 1.54) is 26.6 Å². The van der Waals surface area contributed by atoms with Gasteiger partial charge in [0.2, 0.25) is 0 Å². The van der Waals surface area contributed by atoms with Gasteiger partial charge in [-0.2, -0.15) is 0 Å². The third kappa shape index (κ3) is 2.30. The quantitative estimate of drug-likeness (QED) is 0.817. The normalized spacial score (nSPS) is 12.8. The Balaban J connectivity index is 2.17. The minimum atomic E-state index is 0.387. The maximum absolute atomic E-state index is 3.58. The summed E-state index contributed by atoms with van der Waals surface area (Å²) in [6.07, 6.45) is 0. The first-order chi connectivity index (χ1) is 7.58. The van der Waals surface area contributed by atoms with Crippen molar-refractivity contribution >= 4 is 28.4 Å². The highest BCUT2D eigenvalue weighted by molar-refractivity contribution is 7.12. The number of aryl methyl sites for hydroxylation is 3.